The molecular weight excluding hydrogens is 372 g/mol. The van der Waals surface area contributed by atoms with Crippen molar-refractivity contribution in [3.8, 4) is 11.4 Å². The smallest absolute Gasteiger partial charge is 0.329 e. The zero-order valence-corrected chi connectivity index (χ0v) is 17.3. The van der Waals surface area contributed by atoms with E-state index in [0.717, 1.165) is 28.4 Å². The van der Waals surface area contributed by atoms with Crippen molar-refractivity contribution >= 4 is 18.0 Å². The van der Waals surface area contributed by atoms with Crippen molar-refractivity contribution in [3.05, 3.63) is 47.3 Å². The maximum atomic E-state index is 11.8. The summed E-state index contributed by atoms with van der Waals surface area (Å²) in [5.74, 6) is -0.708. The molecule has 0 saturated heterocycles. The minimum absolute atomic E-state index is 0.368. The van der Waals surface area contributed by atoms with Crippen molar-refractivity contribution in [2.75, 3.05) is 26.9 Å². The Morgan fingerprint density at radius 2 is 1.90 bits per heavy atom. The Kier molecular flexibility index (Phi) is 8.42. The topological polar surface area (TPSA) is 94.0 Å². The number of benzene rings is 1. The molecule has 0 aliphatic carbocycles. The highest BCUT2D eigenvalue weighted by Crippen LogP contribution is 2.22. The standard InChI is InChI=1S/C21H28N4O4/c1-5-29-19-9-7-18(8-10-19)25-15(2)13-17(16(25)3)14-23-24-21(27)20(26)22-11-6-12-28-4/h7-10,13-14H,5-6,11-12H2,1-4H3,(H,22,26)(H,24,27)/b23-14-. The van der Waals surface area contributed by atoms with Crippen LogP contribution < -0.4 is 15.5 Å². The zero-order valence-electron chi connectivity index (χ0n) is 17.3. The molecule has 0 spiro atoms. The molecule has 0 atom stereocenters. The lowest BCUT2D eigenvalue weighted by Crippen LogP contribution is -2.38. The number of hydrogen-bond acceptors (Lipinski definition) is 5. The SMILES string of the molecule is CCOc1ccc(-n2c(C)cc(/C=N\NC(=O)C(=O)NCCCOC)c2C)cc1. The van der Waals surface area contributed by atoms with E-state index < -0.39 is 11.8 Å². The number of ether oxygens (including phenoxy) is 2. The third-order valence-electron chi connectivity index (χ3n) is 4.26. The number of aromatic nitrogens is 1. The lowest BCUT2D eigenvalue weighted by Gasteiger charge is -2.10. The summed E-state index contributed by atoms with van der Waals surface area (Å²) < 4.78 is 12.5. The van der Waals surface area contributed by atoms with Gasteiger partial charge in [-0.15, -0.1) is 0 Å². The molecule has 8 heteroatoms. The molecule has 1 aromatic heterocycles. The molecule has 1 heterocycles. The maximum absolute atomic E-state index is 11.8. The van der Waals surface area contributed by atoms with Crippen LogP contribution in [0.25, 0.3) is 5.69 Å². The molecular formula is C21H28N4O4. The van der Waals surface area contributed by atoms with E-state index in [1.54, 1.807) is 7.11 Å². The number of hydrazone groups is 1. The molecule has 0 radical (unpaired) electrons. The van der Waals surface area contributed by atoms with Gasteiger partial charge in [-0.05, 0) is 57.5 Å². The van der Waals surface area contributed by atoms with Crippen molar-refractivity contribution in [2.24, 2.45) is 5.10 Å². The summed E-state index contributed by atoms with van der Waals surface area (Å²) in [7, 11) is 1.58. The highest BCUT2D eigenvalue weighted by Gasteiger charge is 2.12. The van der Waals surface area contributed by atoms with Crippen molar-refractivity contribution in [2.45, 2.75) is 27.2 Å². The minimum atomic E-state index is -0.806. The lowest BCUT2D eigenvalue weighted by atomic mass is 10.2. The van der Waals surface area contributed by atoms with Crippen LogP contribution in [0.15, 0.2) is 35.4 Å². The first-order chi connectivity index (χ1) is 14.0. The van der Waals surface area contributed by atoms with Crippen molar-refractivity contribution < 1.29 is 19.1 Å². The molecule has 1 aromatic carbocycles. The van der Waals surface area contributed by atoms with E-state index in [0.29, 0.717) is 26.2 Å². The predicted molar refractivity (Wildman–Crippen MR) is 112 cm³/mol. The van der Waals surface area contributed by atoms with Crippen LogP contribution >= 0.6 is 0 Å². The van der Waals surface area contributed by atoms with Crippen LogP contribution in [0.1, 0.15) is 30.3 Å². The largest absolute Gasteiger partial charge is 0.494 e. The molecule has 0 unspecified atom stereocenters. The molecule has 2 N–H and O–H groups in total. The van der Waals surface area contributed by atoms with Gasteiger partial charge in [0.2, 0.25) is 0 Å². The van der Waals surface area contributed by atoms with E-state index in [2.05, 4.69) is 20.4 Å². The highest BCUT2D eigenvalue weighted by atomic mass is 16.5. The van der Waals surface area contributed by atoms with Gasteiger partial charge in [-0.25, -0.2) is 5.43 Å². The quantitative estimate of drug-likeness (QED) is 0.292. The lowest BCUT2D eigenvalue weighted by molar-refractivity contribution is -0.139. The van der Waals surface area contributed by atoms with E-state index >= 15 is 0 Å². The van der Waals surface area contributed by atoms with Crippen molar-refractivity contribution in [1.82, 2.24) is 15.3 Å². The number of aryl methyl sites for hydroxylation is 1. The Labute approximate surface area is 170 Å². The molecule has 156 valence electrons. The van der Waals surface area contributed by atoms with Crippen LogP contribution in [-0.2, 0) is 14.3 Å². The van der Waals surface area contributed by atoms with Gasteiger partial charge in [0.05, 0.1) is 12.8 Å². The van der Waals surface area contributed by atoms with Crippen LogP contribution in [0.3, 0.4) is 0 Å². The molecule has 2 amide bonds. The van der Waals surface area contributed by atoms with Gasteiger partial charge in [0.25, 0.3) is 0 Å². The van der Waals surface area contributed by atoms with Gasteiger partial charge in [-0.1, -0.05) is 0 Å². The minimum Gasteiger partial charge on any atom is -0.494 e. The Hall–Kier alpha value is -3.13. The molecule has 0 fully saturated rings. The fraction of sp³-hybridized carbons (Fsp3) is 0.381. The molecule has 0 saturated carbocycles. The van der Waals surface area contributed by atoms with Gasteiger partial charge < -0.3 is 19.4 Å². The number of methoxy groups -OCH3 is 1. The second kappa shape index (κ2) is 11.0. The Bertz CT molecular complexity index is 856. The Morgan fingerprint density at radius 3 is 2.55 bits per heavy atom. The van der Waals surface area contributed by atoms with Gasteiger partial charge in [0.1, 0.15) is 5.75 Å². The summed E-state index contributed by atoms with van der Waals surface area (Å²) in [5.41, 5.74) is 6.09. The van der Waals surface area contributed by atoms with Crippen LogP contribution in [0.4, 0.5) is 0 Å². The number of nitrogens with zero attached hydrogens (tertiary/aromatic N) is 2. The molecule has 29 heavy (non-hydrogen) atoms. The number of carbonyl (C=O) groups is 2. The van der Waals surface area contributed by atoms with Gasteiger partial charge in [0.15, 0.2) is 0 Å². The summed E-state index contributed by atoms with van der Waals surface area (Å²) in [6.07, 6.45) is 2.17. The first-order valence-electron chi connectivity index (χ1n) is 9.50. The monoisotopic (exact) mass is 400 g/mol. The number of nitrogens with one attached hydrogen (secondary N) is 2. The Balaban J connectivity index is 2.00. The number of amides is 2. The first-order valence-corrected chi connectivity index (χ1v) is 9.50. The van der Waals surface area contributed by atoms with E-state index in [9.17, 15) is 9.59 Å². The fourth-order valence-electron chi connectivity index (χ4n) is 2.88. The number of hydrogen-bond donors (Lipinski definition) is 2. The maximum Gasteiger partial charge on any atom is 0.329 e. The van der Waals surface area contributed by atoms with Crippen LogP contribution in [0.5, 0.6) is 5.75 Å². The van der Waals surface area contributed by atoms with Gasteiger partial charge in [0, 0.05) is 42.9 Å². The third-order valence-corrected chi connectivity index (χ3v) is 4.26. The van der Waals surface area contributed by atoms with Gasteiger partial charge in [-0.3, -0.25) is 9.59 Å². The normalized spacial score (nSPS) is 10.9. The molecule has 0 aliphatic heterocycles. The van der Waals surface area contributed by atoms with Crippen LogP contribution in [0, 0.1) is 13.8 Å². The zero-order chi connectivity index (χ0) is 21.2. The molecule has 2 rings (SSSR count). The summed E-state index contributed by atoms with van der Waals surface area (Å²) >= 11 is 0. The molecule has 0 aliphatic rings. The number of rotatable bonds is 9. The van der Waals surface area contributed by atoms with E-state index in [1.165, 1.54) is 6.21 Å². The fourth-order valence-corrected chi connectivity index (χ4v) is 2.88. The molecule has 2 aromatic rings. The van der Waals surface area contributed by atoms with Crippen LogP contribution in [-0.4, -0.2) is 49.5 Å². The van der Waals surface area contributed by atoms with Crippen molar-refractivity contribution in [1.29, 1.82) is 0 Å². The van der Waals surface area contributed by atoms with E-state index in [4.69, 9.17) is 9.47 Å². The average Bonchev–Trinajstić information content (AvgIpc) is 2.99. The molecule has 0 bridgehead atoms. The van der Waals surface area contributed by atoms with E-state index in [-0.39, 0.29) is 0 Å². The first kappa shape index (κ1) is 22.2. The van der Waals surface area contributed by atoms with Gasteiger partial charge in [-0.2, -0.15) is 5.10 Å². The second-order valence-electron chi connectivity index (χ2n) is 6.39. The highest BCUT2D eigenvalue weighted by molar-refractivity contribution is 6.35. The van der Waals surface area contributed by atoms with E-state index in [1.807, 2.05) is 51.1 Å². The average molecular weight is 400 g/mol. The summed E-state index contributed by atoms with van der Waals surface area (Å²) in [4.78, 5) is 23.5. The third kappa shape index (κ3) is 6.18. The van der Waals surface area contributed by atoms with Gasteiger partial charge >= 0.3 is 11.8 Å². The predicted octanol–water partition coefficient (Wildman–Crippen LogP) is 2.10. The second-order valence-corrected chi connectivity index (χ2v) is 6.39. The Morgan fingerprint density at radius 1 is 1.17 bits per heavy atom. The summed E-state index contributed by atoms with van der Waals surface area (Å²) in [6, 6.07) is 9.80. The molecule has 8 nitrogen and oxygen atoms in total. The van der Waals surface area contributed by atoms with Crippen LogP contribution in [0.2, 0.25) is 0 Å². The number of carbonyl (C=O) groups excluding carboxylic acids is 2. The summed E-state index contributed by atoms with van der Waals surface area (Å²) in [5, 5.41) is 6.42. The summed E-state index contributed by atoms with van der Waals surface area (Å²) in [6.45, 7) is 7.42. The van der Waals surface area contributed by atoms with Crippen molar-refractivity contribution in [3.63, 3.8) is 0 Å².